The van der Waals surface area contributed by atoms with Gasteiger partial charge in [-0.15, -0.1) is 0 Å². The minimum absolute atomic E-state index is 0.791. The van der Waals surface area contributed by atoms with E-state index in [2.05, 4.69) is 40.2 Å². The van der Waals surface area contributed by atoms with E-state index in [4.69, 9.17) is 4.42 Å². The SMILES string of the molecule is CCN1CCN(Cc2c(CNC)oc3ccccc23)CC1. The fourth-order valence-corrected chi connectivity index (χ4v) is 3.11. The fraction of sp³-hybridized carbons (Fsp3) is 0.529. The molecule has 4 nitrogen and oxygen atoms in total. The molecule has 0 amide bonds. The van der Waals surface area contributed by atoms with Crippen molar-refractivity contribution < 1.29 is 4.42 Å². The van der Waals surface area contributed by atoms with Gasteiger partial charge in [-0.2, -0.15) is 0 Å². The third kappa shape index (κ3) is 3.12. The van der Waals surface area contributed by atoms with Crippen LogP contribution in [0.5, 0.6) is 0 Å². The number of nitrogens with zero attached hydrogens (tertiary/aromatic N) is 2. The largest absolute Gasteiger partial charge is 0.459 e. The quantitative estimate of drug-likeness (QED) is 0.914. The Labute approximate surface area is 126 Å². The first kappa shape index (κ1) is 14.6. The van der Waals surface area contributed by atoms with Crippen LogP contribution >= 0.6 is 0 Å². The smallest absolute Gasteiger partial charge is 0.134 e. The lowest BCUT2D eigenvalue weighted by Gasteiger charge is -2.34. The first-order chi connectivity index (χ1) is 10.3. The lowest BCUT2D eigenvalue weighted by atomic mass is 10.1. The van der Waals surface area contributed by atoms with Gasteiger partial charge in [0.05, 0.1) is 6.54 Å². The van der Waals surface area contributed by atoms with Crippen molar-refractivity contribution in [2.24, 2.45) is 0 Å². The second-order valence-corrected chi connectivity index (χ2v) is 5.74. The molecule has 1 fully saturated rings. The van der Waals surface area contributed by atoms with Crippen LogP contribution in [0.1, 0.15) is 18.2 Å². The monoisotopic (exact) mass is 287 g/mol. The Kier molecular flexibility index (Phi) is 4.58. The van der Waals surface area contributed by atoms with E-state index in [0.717, 1.165) is 44.1 Å². The molecule has 4 heteroatoms. The average Bonchev–Trinajstić information content (AvgIpc) is 2.86. The molecule has 1 aliphatic heterocycles. The van der Waals surface area contributed by atoms with Crippen LogP contribution in [0.4, 0.5) is 0 Å². The number of furan rings is 1. The Bertz CT molecular complexity index is 585. The molecule has 2 heterocycles. The van der Waals surface area contributed by atoms with E-state index in [1.807, 2.05) is 13.1 Å². The zero-order valence-corrected chi connectivity index (χ0v) is 13.1. The summed E-state index contributed by atoms with van der Waals surface area (Å²) in [5.74, 6) is 1.08. The first-order valence-electron chi connectivity index (χ1n) is 7.90. The normalized spacial score (nSPS) is 17.6. The van der Waals surface area contributed by atoms with Crippen LogP contribution in [0.3, 0.4) is 0 Å². The van der Waals surface area contributed by atoms with Gasteiger partial charge in [-0.1, -0.05) is 25.1 Å². The van der Waals surface area contributed by atoms with Gasteiger partial charge in [0.1, 0.15) is 11.3 Å². The van der Waals surface area contributed by atoms with Gasteiger partial charge in [-0.05, 0) is 19.7 Å². The summed E-state index contributed by atoms with van der Waals surface area (Å²) >= 11 is 0. The van der Waals surface area contributed by atoms with Gasteiger partial charge in [0.2, 0.25) is 0 Å². The molecule has 0 atom stereocenters. The molecule has 1 aromatic heterocycles. The van der Waals surface area contributed by atoms with Crippen molar-refractivity contribution in [3.8, 4) is 0 Å². The van der Waals surface area contributed by atoms with Crippen LogP contribution in [-0.2, 0) is 13.1 Å². The van der Waals surface area contributed by atoms with Crippen molar-refractivity contribution in [3.05, 3.63) is 35.6 Å². The molecule has 21 heavy (non-hydrogen) atoms. The van der Waals surface area contributed by atoms with Crippen LogP contribution in [0, 0.1) is 0 Å². The van der Waals surface area contributed by atoms with Crippen LogP contribution < -0.4 is 5.32 Å². The number of hydrogen-bond acceptors (Lipinski definition) is 4. The van der Waals surface area contributed by atoms with E-state index in [-0.39, 0.29) is 0 Å². The number of benzene rings is 1. The zero-order chi connectivity index (χ0) is 14.7. The lowest BCUT2D eigenvalue weighted by Crippen LogP contribution is -2.45. The Hall–Kier alpha value is -1.36. The van der Waals surface area contributed by atoms with Crippen LogP contribution in [0.2, 0.25) is 0 Å². The Morgan fingerprint density at radius 2 is 1.81 bits per heavy atom. The molecule has 0 aliphatic carbocycles. The van der Waals surface area contributed by atoms with E-state index in [1.165, 1.54) is 24.0 Å². The predicted molar refractivity (Wildman–Crippen MR) is 86.4 cm³/mol. The van der Waals surface area contributed by atoms with E-state index in [9.17, 15) is 0 Å². The molecule has 1 N–H and O–H groups in total. The maximum Gasteiger partial charge on any atom is 0.134 e. The number of likely N-dealkylation sites (N-methyl/N-ethyl adjacent to an activating group) is 1. The molecule has 1 aromatic carbocycles. The van der Waals surface area contributed by atoms with Gasteiger partial charge in [-0.3, -0.25) is 4.90 Å². The number of hydrogen-bond donors (Lipinski definition) is 1. The van der Waals surface area contributed by atoms with Gasteiger partial charge in [0, 0.05) is 43.7 Å². The van der Waals surface area contributed by atoms with E-state index < -0.39 is 0 Å². The number of rotatable bonds is 5. The van der Waals surface area contributed by atoms with Crippen LogP contribution in [0.25, 0.3) is 11.0 Å². The summed E-state index contributed by atoms with van der Waals surface area (Å²) in [5.41, 5.74) is 2.36. The topological polar surface area (TPSA) is 31.6 Å². The van der Waals surface area contributed by atoms with E-state index in [0.29, 0.717) is 0 Å². The average molecular weight is 287 g/mol. The molecule has 1 saturated heterocycles. The molecule has 0 radical (unpaired) electrons. The molecule has 0 spiro atoms. The fourth-order valence-electron chi connectivity index (χ4n) is 3.11. The molecule has 3 rings (SSSR count). The summed E-state index contributed by atoms with van der Waals surface area (Å²) in [4.78, 5) is 5.06. The highest BCUT2D eigenvalue weighted by Gasteiger charge is 2.20. The highest BCUT2D eigenvalue weighted by molar-refractivity contribution is 5.82. The maximum atomic E-state index is 6.02. The lowest BCUT2D eigenvalue weighted by molar-refractivity contribution is 0.131. The summed E-state index contributed by atoms with van der Waals surface area (Å²) in [6.07, 6.45) is 0. The summed E-state index contributed by atoms with van der Waals surface area (Å²) in [7, 11) is 1.97. The molecule has 0 bridgehead atoms. The second-order valence-electron chi connectivity index (χ2n) is 5.74. The molecule has 2 aromatic rings. The van der Waals surface area contributed by atoms with Crippen molar-refractivity contribution in [2.45, 2.75) is 20.0 Å². The zero-order valence-electron chi connectivity index (χ0n) is 13.1. The number of fused-ring (bicyclic) bond motifs is 1. The third-order valence-electron chi connectivity index (χ3n) is 4.41. The predicted octanol–water partition coefficient (Wildman–Crippen LogP) is 2.29. The van der Waals surface area contributed by atoms with Crippen LogP contribution in [-0.4, -0.2) is 49.6 Å². The first-order valence-corrected chi connectivity index (χ1v) is 7.90. The third-order valence-corrected chi connectivity index (χ3v) is 4.41. The maximum absolute atomic E-state index is 6.02. The second kappa shape index (κ2) is 6.60. The van der Waals surface area contributed by atoms with E-state index in [1.54, 1.807) is 0 Å². The number of piperazine rings is 1. The Morgan fingerprint density at radius 3 is 2.52 bits per heavy atom. The highest BCUT2D eigenvalue weighted by Crippen LogP contribution is 2.27. The van der Waals surface area contributed by atoms with E-state index >= 15 is 0 Å². The molecular weight excluding hydrogens is 262 g/mol. The summed E-state index contributed by atoms with van der Waals surface area (Å²) < 4.78 is 6.02. The standard InChI is InChI=1S/C17H25N3O/c1-3-19-8-10-20(11-9-19)13-15-14-6-4-5-7-16(14)21-17(15)12-18-2/h4-7,18H,3,8-13H2,1-2H3. The minimum atomic E-state index is 0.791. The highest BCUT2D eigenvalue weighted by atomic mass is 16.3. The van der Waals surface area contributed by atoms with Crippen molar-refractivity contribution >= 4 is 11.0 Å². The van der Waals surface area contributed by atoms with Crippen molar-refractivity contribution in [1.29, 1.82) is 0 Å². The summed E-state index contributed by atoms with van der Waals surface area (Å²) in [6.45, 7) is 9.82. The van der Waals surface area contributed by atoms with Gasteiger partial charge >= 0.3 is 0 Å². The van der Waals surface area contributed by atoms with Crippen molar-refractivity contribution in [1.82, 2.24) is 15.1 Å². The van der Waals surface area contributed by atoms with Crippen LogP contribution in [0.15, 0.2) is 28.7 Å². The minimum Gasteiger partial charge on any atom is -0.459 e. The number of nitrogens with one attached hydrogen (secondary N) is 1. The molecule has 0 saturated carbocycles. The van der Waals surface area contributed by atoms with Gasteiger partial charge < -0.3 is 14.6 Å². The molecule has 0 unspecified atom stereocenters. The Morgan fingerprint density at radius 1 is 1.10 bits per heavy atom. The van der Waals surface area contributed by atoms with Gasteiger partial charge in [0.25, 0.3) is 0 Å². The van der Waals surface area contributed by atoms with Gasteiger partial charge in [-0.25, -0.2) is 0 Å². The molecule has 114 valence electrons. The molecule has 1 aliphatic rings. The molecular formula is C17H25N3O. The van der Waals surface area contributed by atoms with Crippen molar-refractivity contribution in [2.75, 3.05) is 39.8 Å². The number of para-hydroxylation sites is 1. The summed E-state index contributed by atoms with van der Waals surface area (Å²) in [5, 5.41) is 4.48. The van der Waals surface area contributed by atoms with Crippen molar-refractivity contribution in [3.63, 3.8) is 0 Å². The Balaban J connectivity index is 1.80. The summed E-state index contributed by atoms with van der Waals surface area (Å²) in [6, 6.07) is 8.38. The van der Waals surface area contributed by atoms with Gasteiger partial charge in [0.15, 0.2) is 0 Å².